The van der Waals surface area contributed by atoms with Gasteiger partial charge in [-0.25, -0.2) is 0 Å². The number of rotatable bonds is 6. The SMILES string of the molecule is CSc1ccccc1-c1ccc2c(NC(=O)C(c3ccccc3)c3ccccc3)n[nH]c2c1. The Bertz CT molecular complexity index is 1360. The Morgan fingerprint density at radius 2 is 1.48 bits per heavy atom. The number of anilines is 1. The van der Waals surface area contributed by atoms with Crippen LogP contribution in [-0.4, -0.2) is 22.4 Å². The van der Waals surface area contributed by atoms with Crippen LogP contribution in [0.4, 0.5) is 5.82 Å². The molecule has 0 aliphatic carbocycles. The van der Waals surface area contributed by atoms with Gasteiger partial charge in [0.15, 0.2) is 5.82 Å². The topological polar surface area (TPSA) is 57.8 Å². The van der Waals surface area contributed by atoms with Crippen molar-refractivity contribution in [2.45, 2.75) is 10.8 Å². The molecule has 2 N–H and O–H groups in total. The Balaban J connectivity index is 1.47. The van der Waals surface area contributed by atoms with Gasteiger partial charge in [-0.1, -0.05) is 84.9 Å². The predicted molar refractivity (Wildman–Crippen MR) is 137 cm³/mol. The summed E-state index contributed by atoms with van der Waals surface area (Å²) >= 11 is 1.73. The lowest BCUT2D eigenvalue weighted by Crippen LogP contribution is -2.22. The summed E-state index contributed by atoms with van der Waals surface area (Å²) < 4.78 is 0. The van der Waals surface area contributed by atoms with Crippen LogP contribution in [0, 0.1) is 0 Å². The number of benzene rings is 4. The van der Waals surface area contributed by atoms with Crippen LogP contribution in [0.1, 0.15) is 17.0 Å². The van der Waals surface area contributed by atoms with Crippen LogP contribution in [-0.2, 0) is 4.79 Å². The number of aromatic nitrogens is 2. The third kappa shape index (κ3) is 4.28. The molecular weight excluding hydrogens is 426 g/mol. The molecule has 0 saturated carbocycles. The van der Waals surface area contributed by atoms with Crippen molar-refractivity contribution in [3.8, 4) is 11.1 Å². The van der Waals surface area contributed by atoms with Gasteiger partial charge < -0.3 is 5.32 Å². The smallest absolute Gasteiger partial charge is 0.237 e. The number of amides is 1. The van der Waals surface area contributed by atoms with E-state index < -0.39 is 5.92 Å². The first-order valence-corrected chi connectivity index (χ1v) is 12.0. The Morgan fingerprint density at radius 3 is 2.15 bits per heavy atom. The van der Waals surface area contributed by atoms with Crippen molar-refractivity contribution in [2.24, 2.45) is 0 Å². The lowest BCUT2D eigenvalue weighted by atomic mass is 9.90. The van der Waals surface area contributed by atoms with E-state index in [4.69, 9.17) is 0 Å². The molecule has 4 nitrogen and oxygen atoms in total. The molecule has 0 aliphatic heterocycles. The van der Waals surface area contributed by atoms with E-state index in [-0.39, 0.29) is 5.91 Å². The summed E-state index contributed by atoms with van der Waals surface area (Å²) in [5, 5.41) is 11.4. The fourth-order valence-corrected chi connectivity index (χ4v) is 4.76. The minimum Gasteiger partial charge on any atom is -0.308 e. The number of carbonyl (C=O) groups excluding carboxylic acids is 1. The molecule has 5 rings (SSSR count). The molecule has 5 heteroatoms. The Morgan fingerprint density at radius 1 is 0.848 bits per heavy atom. The van der Waals surface area contributed by atoms with E-state index in [9.17, 15) is 4.79 Å². The Labute approximate surface area is 197 Å². The third-order valence-corrected chi connectivity index (χ3v) is 6.55. The molecular formula is C28H23N3OS. The van der Waals surface area contributed by atoms with Crippen LogP contribution in [0.2, 0.25) is 0 Å². The standard InChI is InChI=1S/C28H23N3OS/c1-33-25-15-9-8-14-22(25)21-16-17-23-24(18-21)30-31-27(23)29-28(32)26(19-10-4-2-5-11-19)20-12-6-3-7-13-20/h2-18,26H,1H3,(H2,29,30,31,32). The molecule has 33 heavy (non-hydrogen) atoms. The highest BCUT2D eigenvalue weighted by Crippen LogP contribution is 2.33. The summed E-state index contributed by atoms with van der Waals surface area (Å²) in [4.78, 5) is 14.7. The van der Waals surface area contributed by atoms with Gasteiger partial charge >= 0.3 is 0 Å². The van der Waals surface area contributed by atoms with E-state index >= 15 is 0 Å². The molecule has 1 amide bonds. The molecule has 0 radical (unpaired) electrons. The summed E-state index contributed by atoms with van der Waals surface area (Å²) in [5.41, 5.74) is 5.06. The number of hydrogen-bond donors (Lipinski definition) is 2. The number of aromatic amines is 1. The fourth-order valence-electron chi connectivity index (χ4n) is 4.14. The molecule has 0 bridgehead atoms. The molecule has 0 unspecified atom stereocenters. The number of nitrogens with one attached hydrogen (secondary N) is 2. The molecule has 0 fully saturated rings. The highest BCUT2D eigenvalue weighted by Gasteiger charge is 2.24. The van der Waals surface area contributed by atoms with Crippen LogP contribution in [0.5, 0.6) is 0 Å². The second-order valence-electron chi connectivity index (χ2n) is 7.78. The zero-order chi connectivity index (χ0) is 22.6. The Kier molecular flexibility index (Phi) is 5.96. The minimum absolute atomic E-state index is 0.113. The molecule has 1 aromatic heterocycles. The van der Waals surface area contributed by atoms with E-state index in [0.717, 1.165) is 27.6 Å². The van der Waals surface area contributed by atoms with Crippen molar-refractivity contribution >= 4 is 34.4 Å². The van der Waals surface area contributed by atoms with E-state index in [1.807, 2.05) is 78.9 Å². The number of fused-ring (bicyclic) bond motifs is 1. The molecule has 4 aromatic carbocycles. The maximum atomic E-state index is 13.5. The van der Waals surface area contributed by atoms with Crippen LogP contribution >= 0.6 is 11.8 Å². The lowest BCUT2D eigenvalue weighted by Gasteiger charge is -2.17. The van der Waals surface area contributed by atoms with Crippen LogP contribution in [0.25, 0.3) is 22.0 Å². The number of hydrogen-bond acceptors (Lipinski definition) is 3. The highest BCUT2D eigenvalue weighted by molar-refractivity contribution is 7.98. The number of thioether (sulfide) groups is 1. The first kappa shape index (κ1) is 21.0. The highest BCUT2D eigenvalue weighted by atomic mass is 32.2. The predicted octanol–water partition coefficient (Wildman–Crippen LogP) is 6.72. The van der Waals surface area contributed by atoms with E-state index in [0.29, 0.717) is 5.82 Å². The minimum atomic E-state index is -0.424. The average Bonchev–Trinajstić information content (AvgIpc) is 3.27. The van der Waals surface area contributed by atoms with Crippen molar-refractivity contribution in [3.05, 3.63) is 114 Å². The fraction of sp³-hybridized carbons (Fsp3) is 0.0714. The van der Waals surface area contributed by atoms with Gasteiger partial charge in [-0.15, -0.1) is 11.8 Å². The van der Waals surface area contributed by atoms with Gasteiger partial charge in [0.1, 0.15) is 0 Å². The first-order chi connectivity index (χ1) is 16.2. The summed E-state index contributed by atoms with van der Waals surface area (Å²) in [7, 11) is 0. The van der Waals surface area contributed by atoms with E-state index in [1.165, 1.54) is 10.5 Å². The van der Waals surface area contributed by atoms with Crippen molar-refractivity contribution < 1.29 is 4.79 Å². The van der Waals surface area contributed by atoms with Crippen LogP contribution in [0.15, 0.2) is 108 Å². The van der Waals surface area contributed by atoms with Gasteiger partial charge in [0.2, 0.25) is 5.91 Å². The van der Waals surface area contributed by atoms with Gasteiger partial charge in [-0.3, -0.25) is 9.89 Å². The molecule has 0 saturated heterocycles. The van der Waals surface area contributed by atoms with E-state index in [2.05, 4.69) is 46.0 Å². The molecule has 0 atom stereocenters. The number of nitrogens with zero attached hydrogens (tertiary/aromatic N) is 1. The molecule has 162 valence electrons. The van der Waals surface area contributed by atoms with Crippen molar-refractivity contribution in [3.63, 3.8) is 0 Å². The lowest BCUT2D eigenvalue weighted by molar-refractivity contribution is -0.116. The summed E-state index contributed by atoms with van der Waals surface area (Å²) in [6, 6.07) is 34.2. The average molecular weight is 450 g/mol. The van der Waals surface area contributed by atoms with Gasteiger partial charge in [0.25, 0.3) is 0 Å². The van der Waals surface area contributed by atoms with Crippen molar-refractivity contribution in [2.75, 3.05) is 11.6 Å². The summed E-state index contributed by atoms with van der Waals surface area (Å²) in [6.45, 7) is 0. The van der Waals surface area contributed by atoms with Crippen molar-refractivity contribution in [1.82, 2.24) is 10.2 Å². The second-order valence-corrected chi connectivity index (χ2v) is 8.62. The molecule has 1 heterocycles. The maximum Gasteiger partial charge on any atom is 0.237 e. The first-order valence-electron chi connectivity index (χ1n) is 10.8. The van der Waals surface area contributed by atoms with E-state index in [1.54, 1.807) is 11.8 Å². The maximum absolute atomic E-state index is 13.5. The summed E-state index contributed by atoms with van der Waals surface area (Å²) in [6.07, 6.45) is 2.08. The van der Waals surface area contributed by atoms with Crippen LogP contribution in [0.3, 0.4) is 0 Å². The van der Waals surface area contributed by atoms with Gasteiger partial charge in [0, 0.05) is 10.3 Å². The third-order valence-electron chi connectivity index (χ3n) is 5.75. The number of H-pyrrole nitrogens is 1. The summed E-state index contributed by atoms with van der Waals surface area (Å²) in [5.74, 6) is 0.000971. The monoisotopic (exact) mass is 449 g/mol. The van der Waals surface area contributed by atoms with Gasteiger partial charge in [-0.2, -0.15) is 5.10 Å². The van der Waals surface area contributed by atoms with Crippen LogP contribution < -0.4 is 5.32 Å². The van der Waals surface area contributed by atoms with Crippen molar-refractivity contribution in [1.29, 1.82) is 0 Å². The molecule has 0 aliphatic rings. The Hall–Kier alpha value is -3.83. The number of carbonyl (C=O) groups is 1. The van der Waals surface area contributed by atoms with Gasteiger partial charge in [-0.05, 0) is 46.7 Å². The quantitative estimate of drug-likeness (QED) is 0.283. The molecule has 5 aromatic rings. The zero-order valence-corrected chi connectivity index (χ0v) is 19.0. The zero-order valence-electron chi connectivity index (χ0n) is 18.2. The second kappa shape index (κ2) is 9.35. The van der Waals surface area contributed by atoms with Gasteiger partial charge in [0.05, 0.1) is 11.4 Å². The normalized spacial score (nSPS) is 11.1. The molecule has 0 spiro atoms. The largest absolute Gasteiger partial charge is 0.308 e.